The maximum atomic E-state index is 12.6. The Morgan fingerprint density at radius 2 is 1.70 bits per heavy atom. The van der Waals surface area contributed by atoms with Crippen LogP contribution in [0.2, 0.25) is 0 Å². The Kier molecular flexibility index (Phi) is 9.33. The van der Waals surface area contributed by atoms with Gasteiger partial charge in [0.1, 0.15) is 18.7 Å². The van der Waals surface area contributed by atoms with Gasteiger partial charge in [0.05, 0.1) is 0 Å². The molecule has 0 aromatic heterocycles. The van der Waals surface area contributed by atoms with E-state index in [0.29, 0.717) is 12.8 Å². The van der Waals surface area contributed by atoms with E-state index in [1.54, 1.807) is 0 Å². The van der Waals surface area contributed by atoms with Crippen molar-refractivity contribution in [3.05, 3.63) is 35.9 Å². The van der Waals surface area contributed by atoms with Gasteiger partial charge in [0, 0.05) is 0 Å². The van der Waals surface area contributed by atoms with Crippen LogP contribution < -0.4 is 10.6 Å². The van der Waals surface area contributed by atoms with Crippen molar-refractivity contribution >= 4 is 18.0 Å². The van der Waals surface area contributed by atoms with E-state index in [9.17, 15) is 19.5 Å². The Labute approximate surface area is 160 Å². The second-order valence-electron chi connectivity index (χ2n) is 7.10. The maximum absolute atomic E-state index is 12.6. The number of alkyl carbamates (subject to hydrolysis) is 1. The number of hydrogen-bond donors (Lipinski definition) is 3. The molecule has 0 bridgehead atoms. The number of nitrogens with one attached hydrogen (secondary N) is 2. The molecule has 0 aliphatic heterocycles. The van der Waals surface area contributed by atoms with Gasteiger partial charge in [0.2, 0.25) is 5.91 Å². The number of amides is 2. The van der Waals surface area contributed by atoms with Gasteiger partial charge in [0.25, 0.3) is 0 Å². The monoisotopic (exact) mass is 378 g/mol. The second-order valence-corrected chi connectivity index (χ2v) is 7.10. The minimum Gasteiger partial charge on any atom is -0.480 e. The quantitative estimate of drug-likeness (QED) is 0.581. The molecule has 0 heterocycles. The van der Waals surface area contributed by atoms with E-state index < -0.39 is 30.1 Å². The number of benzene rings is 1. The first-order valence-electron chi connectivity index (χ1n) is 9.24. The molecule has 0 unspecified atom stereocenters. The van der Waals surface area contributed by atoms with Gasteiger partial charge in [-0.3, -0.25) is 4.79 Å². The summed E-state index contributed by atoms with van der Waals surface area (Å²) in [4.78, 5) is 36.1. The Balaban J connectivity index is 2.71. The predicted molar refractivity (Wildman–Crippen MR) is 102 cm³/mol. The minimum absolute atomic E-state index is 0.0899. The molecule has 3 atom stereocenters. The fourth-order valence-corrected chi connectivity index (χ4v) is 2.55. The molecule has 0 aliphatic rings. The van der Waals surface area contributed by atoms with Gasteiger partial charge >= 0.3 is 12.1 Å². The van der Waals surface area contributed by atoms with Crippen molar-refractivity contribution < 1.29 is 24.2 Å². The lowest BCUT2D eigenvalue weighted by molar-refractivity contribution is -0.142. The largest absolute Gasteiger partial charge is 0.480 e. The van der Waals surface area contributed by atoms with Crippen LogP contribution in [-0.2, 0) is 20.9 Å². The topological polar surface area (TPSA) is 105 Å². The van der Waals surface area contributed by atoms with Crippen molar-refractivity contribution in [2.75, 3.05) is 0 Å². The Hall–Kier alpha value is -2.57. The molecule has 0 radical (unpaired) electrons. The zero-order valence-electron chi connectivity index (χ0n) is 16.4. The van der Waals surface area contributed by atoms with Crippen molar-refractivity contribution in [2.24, 2.45) is 11.8 Å². The minimum atomic E-state index is -1.09. The molecule has 27 heavy (non-hydrogen) atoms. The highest BCUT2D eigenvalue weighted by Crippen LogP contribution is 2.11. The van der Waals surface area contributed by atoms with E-state index in [4.69, 9.17) is 4.74 Å². The third-order valence-electron chi connectivity index (χ3n) is 4.30. The van der Waals surface area contributed by atoms with Crippen LogP contribution in [0.3, 0.4) is 0 Å². The van der Waals surface area contributed by atoms with Crippen molar-refractivity contribution in [3.8, 4) is 0 Å². The van der Waals surface area contributed by atoms with Crippen molar-refractivity contribution in [2.45, 2.75) is 59.2 Å². The molecule has 1 aromatic carbocycles. The molecule has 1 rings (SSSR count). The van der Waals surface area contributed by atoms with E-state index in [-0.39, 0.29) is 18.4 Å². The fraction of sp³-hybridized carbons (Fsp3) is 0.550. The highest BCUT2D eigenvalue weighted by Gasteiger charge is 2.30. The summed E-state index contributed by atoms with van der Waals surface area (Å²) in [6.07, 6.45) is 0.237. The van der Waals surface area contributed by atoms with Crippen molar-refractivity contribution in [3.63, 3.8) is 0 Å². The highest BCUT2D eigenvalue weighted by atomic mass is 16.5. The summed E-state index contributed by atoms with van der Waals surface area (Å²) >= 11 is 0. The number of rotatable bonds is 10. The van der Waals surface area contributed by atoms with Gasteiger partial charge in [-0.25, -0.2) is 9.59 Å². The number of carbonyl (C=O) groups excluding carboxylic acids is 2. The first-order chi connectivity index (χ1) is 12.7. The molecule has 0 fully saturated rings. The number of ether oxygens (including phenoxy) is 1. The van der Waals surface area contributed by atoms with Crippen LogP contribution in [0.15, 0.2) is 30.3 Å². The van der Waals surface area contributed by atoms with Crippen LogP contribution in [0.25, 0.3) is 0 Å². The predicted octanol–water partition coefficient (Wildman–Crippen LogP) is 2.94. The summed E-state index contributed by atoms with van der Waals surface area (Å²) in [7, 11) is 0. The molecule has 150 valence electrons. The molecule has 7 heteroatoms. The normalized spacial score (nSPS) is 14.1. The van der Waals surface area contributed by atoms with Gasteiger partial charge in [-0.2, -0.15) is 0 Å². The third-order valence-corrected chi connectivity index (χ3v) is 4.30. The second kappa shape index (κ2) is 11.2. The Bertz CT molecular complexity index is 618. The van der Waals surface area contributed by atoms with Crippen LogP contribution >= 0.6 is 0 Å². The Morgan fingerprint density at radius 3 is 2.22 bits per heavy atom. The summed E-state index contributed by atoms with van der Waals surface area (Å²) in [5.41, 5.74) is 0.833. The van der Waals surface area contributed by atoms with E-state index in [2.05, 4.69) is 10.6 Å². The molecule has 2 amide bonds. The average molecular weight is 378 g/mol. The zero-order chi connectivity index (χ0) is 20.4. The van der Waals surface area contributed by atoms with Gasteiger partial charge < -0.3 is 20.5 Å². The summed E-state index contributed by atoms with van der Waals surface area (Å²) in [6, 6.07) is 7.34. The smallest absolute Gasteiger partial charge is 0.408 e. The highest BCUT2D eigenvalue weighted by molar-refractivity contribution is 5.89. The zero-order valence-corrected chi connectivity index (χ0v) is 16.4. The molecule has 3 N–H and O–H groups in total. The molecule has 7 nitrogen and oxygen atoms in total. The lowest BCUT2D eigenvalue weighted by atomic mass is 9.97. The third kappa shape index (κ3) is 8.11. The van der Waals surface area contributed by atoms with Crippen molar-refractivity contribution in [1.82, 2.24) is 10.6 Å². The molecule has 0 saturated heterocycles. The summed E-state index contributed by atoms with van der Waals surface area (Å²) in [6.45, 7) is 7.57. The van der Waals surface area contributed by atoms with Crippen molar-refractivity contribution in [1.29, 1.82) is 0 Å². The van der Waals surface area contributed by atoms with Crippen LogP contribution in [0.5, 0.6) is 0 Å². The number of carbonyl (C=O) groups is 3. The van der Waals surface area contributed by atoms with E-state index in [1.807, 2.05) is 58.0 Å². The van der Waals surface area contributed by atoms with Gasteiger partial charge in [-0.05, 0) is 23.8 Å². The molecule has 1 aromatic rings. The van der Waals surface area contributed by atoms with E-state index in [1.165, 1.54) is 0 Å². The standard InChI is InChI=1S/C20H30N2O5/c1-5-14(4)17(18(23)21-16(19(24)25)11-13(2)3)22-20(26)27-12-15-9-7-6-8-10-15/h6-10,13-14,16-17H,5,11-12H2,1-4H3,(H,21,23)(H,22,26)(H,24,25)/t14-,16-,17+/m0/s1. The van der Waals surface area contributed by atoms with Crippen LogP contribution in [0, 0.1) is 11.8 Å². The van der Waals surface area contributed by atoms with Gasteiger partial charge in [-0.1, -0.05) is 64.4 Å². The number of carboxylic acids is 1. The van der Waals surface area contributed by atoms with Crippen LogP contribution in [-0.4, -0.2) is 35.2 Å². The maximum Gasteiger partial charge on any atom is 0.408 e. The molecule has 0 aliphatic carbocycles. The lowest BCUT2D eigenvalue weighted by Crippen LogP contribution is -2.54. The summed E-state index contributed by atoms with van der Waals surface area (Å²) in [5.74, 6) is -1.68. The van der Waals surface area contributed by atoms with Gasteiger partial charge in [0.15, 0.2) is 0 Å². The number of aliphatic carboxylic acids is 1. The summed E-state index contributed by atoms with van der Waals surface area (Å²) in [5, 5.41) is 14.4. The first kappa shape index (κ1) is 22.5. The van der Waals surface area contributed by atoms with Crippen LogP contribution in [0.1, 0.15) is 46.1 Å². The number of carboxylic acid groups (broad SMARTS) is 1. The number of hydrogen-bond acceptors (Lipinski definition) is 4. The van der Waals surface area contributed by atoms with E-state index in [0.717, 1.165) is 5.56 Å². The lowest BCUT2D eigenvalue weighted by Gasteiger charge is -2.25. The Morgan fingerprint density at radius 1 is 1.07 bits per heavy atom. The van der Waals surface area contributed by atoms with E-state index >= 15 is 0 Å². The van der Waals surface area contributed by atoms with Gasteiger partial charge in [-0.15, -0.1) is 0 Å². The molecule has 0 saturated carbocycles. The summed E-state index contributed by atoms with van der Waals surface area (Å²) < 4.78 is 5.17. The average Bonchev–Trinajstić information content (AvgIpc) is 2.63. The molecular weight excluding hydrogens is 348 g/mol. The fourth-order valence-electron chi connectivity index (χ4n) is 2.55. The SMILES string of the molecule is CC[C@H](C)[C@@H](NC(=O)OCc1ccccc1)C(=O)N[C@@H](CC(C)C)C(=O)O. The molecule has 0 spiro atoms. The first-order valence-corrected chi connectivity index (χ1v) is 9.24. The molecular formula is C20H30N2O5. The van der Waals surface area contributed by atoms with Crippen LogP contribution in [0.4, 0.5) is 4.79 Å².